The topological polar surface area (TPSA) is 36.4 Å². The molecule has 120 valence electrons. The van der Waals surface area contributed by atoms with Gasteiger partial charge in [0.15, 0.2) is 0 Å². The summed E-state index contributed by atoms with van der Waals surface area (Å²) in [4.78, 5) is 21.3. The van der Waals surface area contributed by atoms with Crippen LogP contribution in [0.2, 0.25) is 0 Å². The third kappa shape index (κ3) is 2.65. The molecule has 0 bridgehead atoms. The van der Waals surface area contributed by atoms with Crippen LogP contribution in [0, 0.1) is 6.92 Å². The Kier molecular flexibility index (Phi) is 4.22. The minimum Gasteiger partial charge on any atom is -0.339 e. The smallest absolute Gasteiger partial charge is 0.222 e. The summed E-state index contributed by atoms with van der Waals surface area (Å²) in [6, 6.07) is 4.58. The van der Waals surface area contributed by atoms with Gasteiger partial charge in [0.05, 0.1) is 11.2 Å². The lowest BCUT2D eigenvalue weighted by atomic mass is 9.79. The van der Waals surface area contributed by atoms with Crippen LogP contribution in [0.25, 0.3) is 0 Å². The Labute approximate surface area is 133 Å². The second kappa shape index (κ2) is 5.99. The van der Waals surface area contributed by atoms with Crippen molar-refractivity contribution in [1.82, 2.24) is 14.8 Å². The lowest BCUT2D eigenvalue weighted by Crippen LogP contribution is -2.63. The third-order valence-corrected chi connectivity index (χ3v) is 5.78. The molecular formula is C18H27N3O. The van der Waals surface area contributed by atoms with Gasteiger partial charge < -0.3 is 4.90 Å². The standard InChI is InChI=1S/C18H27N3O/c1-14-7-6-11-19-15(14)13-21-12-5-4-10-18(2)16(21)8-9-17(22)20(18)3/h6-7,11,16H,4-5,8-10,12-13H2,1-3H3/t16-,18-/m0/s1. The molecule has 1 aromatic rings. The molecule has 2 fully saturated rings. The van der Waals surface area contributed by atoms with Crippen molar-refractivity contribution in [3.63, 3.8) is 0 Å². The van der Waals surface area contributed by atoms with Crippen LogP contribution in [0.5, 0.6) is 0 Å². The molecule has 1 aromatic heterocycles. The highest BCUT2D eigenvalue weighted by molar-refractivity contribution is 5.78. The lowest BCUT2D eigenvalue weighted by molar-refractivity contribution is -0.144. The van der Waals surface area contributed by atoms with Crippen molar-refractivity contribution in [3.8, 4) is 0 Å². The monoisotopic (exact) mass is 301 g/mol. The van der Waals surface area contributed by atoms with Crippen LogP contribution in [0.15, 0.2) is 18.3 Å². The number of carbonyl (C=O) groups excluding carboxylic acids is 1. The van der Waals surface area contributed by atoms with Crippen molar-refractivity contribution in [3.05, 3.63) is 29.6 Å². The molecule has 2 aliphatic heterocycles. The van der Waals surface area contributed by atoms with E-state index in [1.165, 1.54) is 24.1 Å². The van der Waals surface area contributed by atoms with Gasteiger partial charge in [0.25, 0.3) is 0 Å². The van der Waals surface area contributed by atoms with E-state index < -0.39 is 0 Å². The molecule has 2 saturated heterocycles. The molecule has 2 aliphatic rings. The highest BCUT2D eigenvalue weighted by Crippen LogP contribution is 2.38. The molecule has 4 nitrogen and oxygen atoms in total. The van der Waals surface area contributed by atoms with Crippen molar-refractivity contribution in [2.75, 3.05) is 13.6 Å². The van der Waals surface area contributed by atoms with Gasteiger partial charge in [-0.3, -0.25) is 14.7 Å². The van der Waals surface area contributed by atoms with Crippen LogP contribution in [-0.4, -0.2) is 45.9 Å². The normalized spacial score (nSPS) is 30.0. The Morgan fingerprint density at radius 2 is 2.23 bits per heavy atom. The molecule has 3 heterocycles. The number of nitrogens with zero attached hydrogens (tertiary/aromatic N) is 3. The van der Waals surface area contributed by atoms with E-state index >= 15 is 0 Å². The average molecular weight is 301 g/mol. The van der Waals surface area contributed by atoms with Gasteiger partial charge in [-0.15, -0.1) is 0 Å². The maximum Gasteiger partial charge on any atom is 0.222 e. The van der Waals surface area contributed by atoms with E-state index in [1.807, 2.05) is 24.2 Å². The Bertz CT molecular complexity index is 559. The van der Waals surface area contributed by atoms with Crippen LogP contribution in [0.3, 0.4) is 0 Å². The van der Waals surface area contributed by atoms with Crippen LogP contribution in [0.4, 0.5) is 0 Å². The molecule has 3 rings (SSSR count). The zero-order chi connectivity index (χ0) is 15.7. The number of hydrogen-bond acceptors (Lipinski definition) is 3. The Hall–Kier alpha value is -1.42. The molecule has 0 N–H and O–H groups in total. The van der Waals surface area contributed by atoms with Crippen molar-refractivity contribution in [2.45, 2.75) is 64.1 Å². The highest BCUT2D eigenvalue weighted by Gasteiger charge is 2.47. The van der Waals surface area contributed by atoms with Gasteiger partial charge in [-0.2, -0.15) is 0 Å². The van der Waals surface area contributed by atoms with Gasteiger partial charge in [0.2, 0.25) is 5.91 Å². The van der Waals surface area contributed by atoms with Crippen LogP contribution in [-0.2, 0) is 11.3 Å². The predicted molar refractivity (Wildman–Crippen MR) is 87.4 cm³/mol. The summed E-state index contributed by atoms with van der Waals surface area (Å²) in [5, 5.41) is 0. The third-order valence-electron chi connectivity index (χ3n) is 5.78. The fraction of sp³-hybridized carbons (Fsp3) is 0.667. The first-order valence-electron chi connectivity index (χ1n) is 8.43. The summed E-state index contributed by atoms with van der Waals surface area (Å²) in [6.45, 7) is 6.42. The predicted octanol–water partition coefficient (Wildman–Crippen LogP) is 2.76. The van der Waals surface area contributed by atoms with Gasteiger partial charge in [0.1, 0.15) is 0 Å². The largest absolute Gasteiger partial charge is 0.339 e. The van der Waals surface area contributed by atoms with E-state index in [4.69, 9.17) is 0 Å². The fourth-order valence-electron chi connectivity index (χ4n) is 4.18. The van der Waals surface area contributed by atoms with Gasteiger partial charge in [-0.05, 0) is 57.7 Å². The Morgan fingerprint density at radius 1 is 1.41 bits per heavy atom. The number of rotatable bonds is 2. The van der Waals surface area contributed by atoms with E-state index in [0.29, 0.717) is 18.4 Å². The number of aryl methyl sites for hydroxylation is 1. The van der Waals surface area contributed by atoms with Crippen molar-refractivity contribution < 1.29 is 4.79 Å². The number of amides is 1. The van der Waals surface area contributed by atoms with Crippen molar-refractivity contribution in [2.24, 2.45) is 0 Å². The lowest BCUT2D eigenvalue weighted by Gasteiger charge is -2.51. The molecule has 22 heavy (non-hydrogen) atoms. The second-order valence-corrected chi connectivity index (χ2v) is 7.06. The number of carbonyl (C=O) groups is 1. The number of fused-ring (bicyclic) bond motifs is 1. The zero-order valence-electron chi connectivity index (χ0n) is 14.0. The van der Waals surface area contributed by atoms with Crippen LogP contribution < -0.4 is 0 Å². The molecule has 0 aromatic carbocycles. The molecule has 0 aliphatic carbocycles. The first-order chi connectivity index (χ1) is 10.5. The first kappa shape index (κ1) is 15.5. The fourth-order valence-corrected chi connectivity index (χ4v) is 4.18. The van der Waals surface area contributed by atoms with Gasteiger partial charge >= 0.3 is 0 Å². The number of aromatic nitrogens is 1. The van der Waals surface area contributed by atoms with Gasteiger partial charge in [-0.1, -0.05) is 6.07 Å². The molecule has 0 saturated carbocycles. The summed E-state index contributed by atoms with van der Waals surface area (Å²) in [6.07, 6.45) is 7.05. The van der Waals surface area contributed by atoms with Crippen molar-refractivity contribution in [1.29, 1.82) is 0 Å². The average Bonchev–Trinajstić information content (AvgIpc) is 2.66. The van der Waals surface area contributed by atoms with E-state index in [2.05, 4.69) is 29.8 Å². The molecular weight excluding hydrogens is 274 g/mol. The SMILES string of the molecule is Cc1cccnc1CN1CCCC[C@@]2(C)[C@@H]1CCC(=O)N2C. The first-order valence-corrected chi connectivity index (χ1v) is 8.43. The summed E-state index contributed by atoms with van der Waals surface area (Å²) in [5.74, 6) is 0.301. The molecule has 4 heteroatoms. The molecule has 0 unspecified atom stereocenters. The van der Waals surface area contributed by atoms with E-state index in [1.54, 1.807) is 0 Å². The molecule has 1 amide bonds. The maximum absolute atomic E-state index is 12.2. The number of piperidine rings is 1. The minimum absolute atomic E-state index is 0.0332. The summed E-state index contributed by atoms with van der Waals surface area (Å²) < 4.78 is 0. The zero-order valence-corrected chi connectivity index (χ0v) is 14.0. The quantitative estimate of drug-likeness (QED) is 0.843. The molecule has 0 spiro atoms. The minimum atomic E-state index is -0.0332. The number of pyridine rings is 1. The number of likely N-dealkylation sites (tertiary alicyclic amines) is 2. The summed E-state index contributed by atoms with van der Waals surface area (Å²) in [5.41, 5.74) is 2.40. The highest BCUT2D eigenvalue weighted by atomic mass is 16.2. The summed E-state index contributed by atoms with van der Waals surface area (Å²) >= 11 is 0. The van der Waals surface area contributed by atoms with Crippen molar-refractivity contribution >= 4 is 5.91 Å². The van der Waals surface area contributed by atoms with Gasteiger partial charge in [-0.25, -0.2) is 0 Å². The van der Waals surface area contributed by atoms with Crippen LogP contribution >= 0.6 is 0 Å². The Morgan fingerprint density at radius 3 is 3.00 bits per heavy atom. The van der Waals surface area contributed by atoms with Gasteiger partial charge in [0, 0.05) is 32.3 Å². The van der Waals surface area contributed by atoms with E-state index in [-0.39, 0.29) is 5.54 Å². The maximum atomic E-state index is 12.2. The Balaban J connectivity index is 1.87. The summed E-state index contributed by atoms with van der Waals surface area (Å²) in [7, 11) is 1.99. The van der Waals surface area contributed by atoms with E-state index in [0.717, 1.165) is 25.9 Å². The number of likely N-dealkylation sites (N-methyl/N-ethyl adjacent to an activating group) is 1. The molecule has 2 atom stereocenters. The second-order valence-electron chi connectivity index (χ2n) is 7.06. The van der Waals surface area contributed by atoms with Crippen LogP contribution in [0.1, 0.15) is 50.3 Å². The number of hydrogen-bond donors (Lipinski definition) is 0. The molecule has 0 radical (unpaired) electrons. The van der Waals surface area contributed by atoms with E-state index in [9.17, 15) is 4.79 Å².